The zero-order valence-electron chi connectivity index (χ0n) is 11.0. The maximum absolute atomic E-state index is 12.4. The monoisotopic (exact) mass is 255 g/mol. The molecule has 0 heterocycles. The molecule has 3 nitrogen and oxygen atoms in total. The van der Waals surface area contributed by atoms with Gasteiger partial charge in [0.15, 0.2) is 0 Å². The summed E-state index contributed by atoms with van der Waals surface area (Å²) in [6, 6.07) is 7.12. The molecule has 0 atom stereocenters. The Morgan fingerprint density at radius 2 is 1.82 bits per heavy atom. The second kappa shape index (κ2) is 5.65. The van der Waals surface area contributed by atoms with Crippen LogP contribution in [0.2, 0.25) is 0 Å². The summed E-state index contributed by atoms with van der Waals surface area (Å²) >= 11 is 0. The van der Waals surface area contributed by atoms with Gasteiger partial charge < -0.3 is 0 Å². The number of nitrogens with zero attached hydrogens (tertiary/aromatic N) is 1. The third kappa shape index (κ3) is 3.30. The molecule has 1 rings (SSSR count). The molecule has 17 heavy (non-hydrogen) atoms. The normalized spacial score (nSPS) is 12.4. The molecule has 0 spiro atoms. The SMILES string of the molecule is CCN(CC(C)C)S(=O)(=O)c1ccccc1C. The summed E-state index contributed by atoms with van der Waals surface area (Å²) < 4.78 is 26.4. The van der Waals surface area contributed by atoms with E-state index < -0.39 is 10.0 Å². The third-order valence-electron chi connectivity index (χ3n) is 2.63. The van der Waals surface area contributed by atoms with Crippen LogP contribution in [0, 0.1) is 12.8 Å². The van der Waals surface area contributed by atoms with Gasteiger partial charge in [0.05, 0.1) is 4.90 Å². The Morgan fingerprint density at radius 3 is 2.29 bits per heavy atom. The van der Waals surface area contributed by atoms with Crippen LogP contribution in [0.25, 0.3) is 0 Å². The number of hydrogen-bond acceptors (Lipinski definition) is 2. The highest BCUT2D eigenvalue weighted by Crippen LogP contribution is 2.20. The molecule has 1 aromatic carbocycles. The first-order chi connectivity index (χ1) is 7.89. The molecule has 0 aromatic heterocycles. The Bertz CT molecular complexity index is 466. The van der Waals surface area contributed by atoms with Crippen molar-refractivity contribution in [2.75, 3.05) is 13.1 Å². The molecule has 0 fully saturated rings. The molecule has 0 unspecified atom stereocenters. The topological polar surface area (TPSA) is 37.4 Å². The summed E-state index contributed by atoms with van der Waals surface area (Å²) in [7, 11) is -3.34. The van der Waals surface area contributed by atoms with Crippen molar-refractivity contribution in [2.45, 2.75) is 32.6 Å². The number of aryl methyl sites for hydroxylation is 1. The Hall–Kier alpha value is -0.870. The van der Waals surface area contributed by atoms with Gasteiger partial charge >= 0.3 is 0 Å². The molecule has 0 aliphatic rings. The van der Waals surface area contributed by atoms with Crippen LogP contribution in [0.5, 0.6) is 0 Å². The van der Waals surface area contributed by atoms with Crippen molar-refractivity contribution < 1.29 is 8.42 Å². The minimum absolute atomic E-state index is 0.328. The van der Waals surface area contributed by atoms with E-state index in [-0.39, 0.29) is 0 Å². The van der Waals surface area contributed by atoms with E-state index in [9.17, 15) is 8.42 Å². The minimum atomic E-state index is -3.34. The molecule has 0 aliphatic heterocycles. The van der Waals surface area contributed by atoms with E-state index in [1.807, 2.05) is 39.8 Å². The van der Waals surface area contributed by atoms with Gasteiger partial charge in [0.25, 0.3) is 0 Å². The molecule has 0 amide bonds. The van der Waals surface area contributed by atoms with Crippen molar-refractivity contribution in [2.24, 2.45) is 5.92 Å². The van der Waals surface area contributed by atoms with Crippen LogP contribution in [-0.4, -0.2) is 25.8 Å². The number of sulfonamides is 1. The van der Waals surface area contributed by atoms with Gasteiger partial charge in [0, 0.05) is 13.1 Å². The van der Waals surface area contributed by atoms with Gasteiger partial charge in [-0.2, -0.15) is 4.31 Å². The highest BCUT2D eigenvalue weighted by Gasteiger charge is 2.24. The summed E-state index contributed by atoms with van der Waals surface area (Å²) in [6.07, 6.45) is 0. The molecular formula is C13H21NO2S. The first-order valence-corrected chi connectivity index (χ1v) is 7.39. The lowest BCUT2D eigenvalue weighted by atomic mass is 10.2. The van der Waals surface area contributed by atoms with E-state index in [4.69, 9.17) is 0 Å². The fourth-order valence-electron chi connectivity index (χ4n) is 1.79. The quantitative estimate of drug-likeness (QED) is 0.811. The van der Waals surface area contributed by atoms with Crippen LogP contribution in [0.1, 0.15) is 26.3 Å². The van der Waals surface area contributed by atoms with Gasteiger partial charge in [-0.05, 0) is 24.5 Å². The first kappa shape index (κ1) is 14.2. The molecular weight excluding hydrogens is 234 g/mol. The highest BCUT2D eigenvalue weighted by atomic mass is 32.2. The maximum Gasteiger partial charge on any atom is 0.243 e. The molecule has 4 heteroatoms. The lowest BCUT2D eigenvalue weighted by Crippen LogP contribution is -2.34. The van der Waals surface area contributed by atoms with E-state index in [1.54, 1.807) is 16.4 Å². The van der Waals surface area contributed by atoms with Crippen molar-refractivity contribution in [1.29, 1.82) is 0 Å². The van der Waals surface area contributed by atoms with Crippen molar-refractivity contribution in [3.63, 3.8) is 0 Å². The van der Waals surface area contributed by atoms with Crippen LogP contribution in [0.3, 0.4) is 0 Å². The largest absolute Gasteiger partial charge is 0.243 e. The lowest BCUT2D eigenvalue weighted by molar-refractivity contribution is 0.380. The van der Waals surface area contributed by atoms with E-state index >= 15 is 0 Å². The molecule has 0 radical (unpaired) electrons. The van der Waals surface area contributed by atoms with Crippen molar-refractivity contribution in [1.82, 2.24) is 4.31 Å². The predicted octanol–water partition coefficient (Wildman–Crippen LogP) is 2.66. The Morgan fingerprint density at radius 1 is 1.24 bits per heavy atom. The average molecular weight is 255 g/mol. The Balaban J connectivity index is 3.14. The molecule has 1 aromatic rings. The molecule has 0 N–H and O–H groups in total. The summed E-state index contributed by atoms with van der Waals surface area (Å²) in [4.78, 5) is 0.419. The molecule has 0 saturated heterocycles. The van der Waals surface area contributed by atoms with Crippen molar-refractivity contribution >= 4 is 10.0 Å². The van der Waals surface area contributed by atoms with Crippen LogP contribution in [-0.2, 0) is 10.0 Å². The zero-order valence-corrected chi connectivity index (χ0v) is 11.8. The summed E-state index contributed by atoms with van der Waals surface area (Å²) in [5, 5.41) is 0. The molecule has 96 valence electrons. The number of rotatable bonds is 5. The molecule has 0 bridgehead atoms. The zero-order chi connectivity index (χ0) is 13.1. The summed E-state index contributed by atoms with van der Waals surface area (Å²) in [5.74, 6) is 0.328. The standard InChI is InChI=1S/C13H21NO2S/c1-5-14(10-11(2)3)17(15,16)13-9-7-6-8-12(13)4/h6-9,11H,5,10H2,1-4H3. The van der Waals surface area contributed by atoms with Crippen LogP contribution >= 0.6 is 0 Å². The fraction of sp³-hybridized carbons (Fsp3) is 0.538. The average Bonchev–Trinajstić information content (AvgIpc) is 2.25. The van der Waals surface area contributed by atoms with E-state index in [2.05, 4.69) is 0 Å². The van der Waals surface area contributed by atoms with Gasteiger partial charge in [-0.15, -0.1) is 0 Å². The third-order valence-corrected chi connectivity index (χ3v) is 4.73. The highest BCUT2D eigenvalue weighted by molar-refractivity contribution is 7.89. The van der Waals surface area contributed by atoms with Gasteiger partial charge in [0.1, 0.15) is 0 Å². The van der Waals surface area contributed by atoms with E-state index in [1.165, 1.54) is 0 Å². The van der Waals surface area contributed by atoms with E-state index in [0.29, 0.717) is 23.9 Å². The molecule has 0 saturated carbocycles. The smallest absolute Gasteiger partial charge is 0.207 e. The van der Waals surface area contributed by atoms with Gasteiger partial charge in [-0.1, -0.05) is 39.0 Å². The van der Waals surface area contributed by atoms with Crippen molar-refractivity contribution in [3.05, 3.63) is 29.8 Å². The predicted molar refractivity (Wildman–Crippen MR) is 70.4 cm³/mol. The van der Waals surface area contributed by atoms with Crippen molar-refractivity contribution in [3.8, 4) is 0 Å². The summed E-state index contributed by atoms with van der Waals surface area (Å²) in [5.41, 5.74) is 0.801. The number of benzene rings is 1. The van der Waals surface area contributed by atoms with Gasteiger partial charge in [-0.25, -0.2) is 8.42 Å². The fourth-order valence-corrected chi connectivity index (χ4v) is 3.63. The first-order valence-electron chi connectivity index (χ1n) is 5.95. The Kier molecular flexibility index (Phi) is 4.71. The lowest BCUT2D eigenvalue weighted by Gasteiger charge is -2.23. The van der Waals surface area contributed by atoms with Crippen LogP contribution in [0.15, 0.2) is 29.2 Å². The number of hydrogen-bond donors (Lipinski definition) is 0. The van der Waals surface area contributed by atoms with Gasteiger partial charge in [0.2, 0.25) is 10.0 Å². The van der Waals surface area contributed by atoms with Crippen LogP contribution in [0.4, 0.5) is 0 Å². The van der Waals surface area contributed by atoms with Gasteiger partial charge in [-0.3, -0.25) is 0 Å². The van der Waals surface area contributed by atoms with Crippen LogP contribution < -0.4 is 0 Å². The molecule has 0 aliphatic carbocycles. The second-order valence-corrected chi connectivity index (χ2v) is 6.52. The Labute approximate surface area is 105 Å². The second-order valence-electron chi connectivity index (χ2n) is 4.62. The summed E-state index contributed by atoms with van der Waals surface area (Å²) in [6.45, 7) is 8.82. The van der Waals surface area contributed by atoms with E-state index in [0.717, 1.165) is 5.56 Å². The maximum atomic E-state index is 12.4. The minimum Gasteiger partial charge on any atom is -0.207 e.